The number of carbonyl (C=O) groups is 2. The van der Waals surface area contributed by atoms with Gasteiger partial charge in [-0.3, -0.25) is 9.59 Å². The Hall–Kier alpha value is -0.230. The van der Waals surface area contributed by atoms with Crippen molar-refractivity contribution >= 4 is 46.7 Å². The van der Waals surface area contributed by atoms with Gasteiger partial charge in [-0.25, -0.2) is 0 Å². The highest BCUT2D eigenvalue weighted by Gasteiger charge is 2.46. The van der Waals surface area contributed by atoms with Gasteiger partial charge in [-0.05, 0) is 0 Å². The fraction of sp³-hybridized carbons (Fsp3) is 0.714. The lowest BCUT2D eigenvalue weighted by molar-refractivity contribution is -0.164. The van der Waals surface area contributed by atoms with E-state index < -0.39 is 27.8 Å². The third-order valence-electron chi connectivity index (χ3n) is 1.56. The van der Waals surface area contributed by atoms with Gasteiger partial charge in [0.25, 0.3) is 0 Å². The molecule has 0 fully saturated rings. The first kappa shape index (κ1) is 14.8. The van der Waals surface area contributed by atoms with Gasteiger partial charge in [0.05, 0.1) is 14.2 Å². The van der Waals surface area contributed by atoms with Crippen LogP contribution in [0, 0.1) is 5.92 Å². The topological polar surface area (TPSA) is 72.8 Å². The van der Waals surface area contributed by atoms with E-state index in [2.05, 4.69) is 9.47 Å². The molecule has 15 heavy (non-hydrogen) atoms. The van der Waals surface area contributed by atoms with Crippen LogP contribution in [-0.4, -0.2) is 41.2 Å². The fourth-order valence-corrected chi connectivity index (χ4v) is 1.17. The second kappa shape index (κ2) is 5.75. The van der Waals surface area contributed by atoms with Crippen LogP contribution < -0.4 is 0 Å². The van der Waals surface area contributed by atoms with Crippen molar-refractivity contribution in [2.45, 2.75) is 9.90 Å². The SMILES string of the molecule is COC(=O)C(C(=O)OC)[C@@H](O)C(Cl)(Cl)Cl. The average Bonchev–Trinajstić information content (AvgIpc) is 2.15. The summed E-state index contributed by atoms with van der Waals surface area (Å²) in [6.45, 7) is 0. The molecule has 0 unspecified atom stereocenters. The molecule has 0 heterocycles. The Morgan fingerprint density at radius 3 is 1.67 bits per heavy atom. The third-order valence-corrected chi connectivity index (χ3v) is 2.23. The molecule has 0 aliphatic carbocycles. The van der Waals surface area contributed by atoms with Crippen LogP contribution in [0.5, 0.6) is 0 Å². The number of esters is 2. The lowest BCUT2D eigenvalue weighted by atomic mass is 10.0. The monoisotopic (exact) mass is 278 g/mol. The standard InChI is InChI=1S/C7H9Cl3O5/c1-14-5(12)3(6(13)15-2)4(11)7(8,9)10/h3-4,11H,1-2H3/t4-/m1/s1. The molecule has 0 aromatic carbocycles. The van der Waals surface area contributed by atoms with E-state index in [4.69, 9.17) is 34.8 Å². The Morgan fingerprint density at radius 1 is 1.13 bits per heavy atom. The number of hydrogen-bond acceptors (Lipinski definition) is 5. The van der Waals surface area contributed by atoms with Crippen molar-refractivity contribution in [3.05, 3.63) is 0 Å². The van der Waals surface area contributed by atoms with Crippen LogP contribution in [-0.2, 0) is 19.1 Å². The summed E-state index contributed by atoms with van der Waals surface area (Å²) < 4.78 is 6.36. The van der Waals surface area contributed by atoms with Gasteiger partial charge in [-0.15, -0.1) is 0 Å². The predicted molar refractivity (Wildman–Crippen MR) is 53.8 cm³/mol. The average molecular weight is 280 g/mol. The summed E-state index contributed by atoms with van der Waals surface area (Å²) in [6.07, 6.45) is -1.85. The molecular weight excluding hydrogens is 270 g/mol. The van der Waals surface area contributed by atoms with Crippen molar-refractivity contribution in [2.24, 2.45) is 5.92 Å². The molecule has 0 amide bonds. The highest BCUT2D eigenvalue weighted by atomic mass is 35.6. The molecule has 0 saturated heterocycles. The van der Waals surface area contributed by atoms with Crippen molar-refractivity contribution in [1.29, 1.82) is 0 Å². The quantitative estimate of drug-likeness (QED) is 0.467. The zero-order valence-corrected chi connectivity index (χ0v) is 10.1. The molecule has 0 radical (unpaired) electrons. The maximum absolute atomic E-state index is 11.1. The molecule has 1 atom stereocenters. The Morgan fingerprint density at radius 2 is 1.47 bits per heavy atom. The first-order valence-corrected chi connectivity index (χ1v) is 4.79. The first-order valence-electron chi connectivity index (χ1n) is 3.66. The van der Waals surface area contributed by atoms with E-state index in [0.29, 0.717) is 0 Å². The van der Waals surface area contributed by atoms with E-state index in [1.54, 1.807) is 0 Å². The Labute approximate surface area is 101 Å². The summed E-state index contributed by atoms with van der Waals surface area (Å²) in [5, 5.41) is 9.45. The highest BCUT2D eigenvalue weighted by molar-refractivity contribution is 6.68. The summed E-state index contributed by atoms with van der Waals surface area (Å²) in [4.78, 5) is 22.3. The summed E-state index contributed by atoms with van der Waals surface area (Å²) in [6, 6.07) is 0. The highest BCUT2D eigenvalue weighted by Crippen LogP contribution is 2.34. The number of rotatable bonds is 3. The molecule has 5 nitrogen and oxygen atoms in total. The second-order valence-corrected chi connectivity index (χ2v) is 4.88. The Bertz CT molecular complexity index is 234. The van der Waals surface area contributed by atoms with E-state index in [0.717, 1.165) is 14.2 Å². The van der Waals surface area contributed by atoms with Gasteiger partial charge in [0.2, 0.25) is 3.79 Å². The number of carbonyl (C=O) groups excluding carboxylic acids is 2. The molecule has 0 saturated carbocycles. The largest absolute Gasteiger partial charge is 0.468 e. The normalized spacial score (nSPS) is 13.5. The van der Waals surface area contributed by atoms with Crippen molar-refractivity contribution in [1.82, 2.24) is 0 Å². The number of halogens is 3. The van der Waals surface area contributed by atoms with Gasteiger partial charge < -0.3 is 14.6 Å². The van der Waals surface area contributed by atoms with Crippen LogP contribution in [0.1, 0.15) is 0 Å². The van der Waals surface area contributed by atoms with Gasteiger partial charge in [0.1, 0.15) is 6.10 Å². The zero-order chi connectivity index (χ0) is 12.2. The van der Waals surface area contributed by atoms with Crippen LogP contribution in [0.2, 0.25) is 0 Å². The zero-order valence-electron chi connectivity index (χ0n) is 7.87. The molecule has 0 aliphatic heterocycles. The lowest BCUT2D eigenvalue weighted by Gasteiger charge is -2.24. The summed E-state index contributed by atoms with van der Waals surface area (Å²) >= 11 is 16.0. The molecule has 0 spiro atoms. The number of hydrogen-bond donors (Lipinski definition) is 1. The maximum atomic E-state index is 11.1. The molecule has 0 aromatic rings. The lowest BCUT2D eigenvalue weighted by Crippen LogP contribution is -2.43. The first-order chi connectivity index (χ1) is 6.75. The van der Waals surface area contributed by atoms with Crippen LogP contribution in [0.4, 0.5) is 0 Å². The predicted octanol–water partition coefficient (Wildman–Crippen LogP) is 0.680. The molecule has 0 aliphatic rings. The van der Waals surface area contributed by atoms with Crippen molar-refractivity contribution in [2.75, 3.05) is 14.2 Å². The van der Waals surface area contributed by atoms with Crippen LogP contribution >= 0.6 is 34.8 Å². The maximum Gasteiger partial charge on any atom is 0.322 e. The van der Waals surface area contributed by atoms with E-state index in [1.165, 1.54) is 0 Å². The van der Waals surface area contributed by atoms with Gasteiger partial charge in [0, 0.05) is 0 Å². The van der Waals surface area contributed by atoms with Crippen molar-refractivity contribution in [3.63, 3.8) is 0 Å². The molecule has 0 bridgehead atoms. The number of ether oxygens (including phenoxy) is 2. The molecule has 8 heteroatoms. The molecule has 1 N–H and O–H groups in total. The number of aliphatic hydroxyl groups is 1. The summed E-state index contributed by atoms with van der Waals surface area (Å²) in [5.74, 6) is -3.77. The number of alkyl halides is 3. The minimum atomic E-state index is -2.19. The smallest absolute Gasteiger partial charge is 0.322 e. The van der Waals surface area contributed by atoms with E-state index in [9.17, 15) is 14.7 Å². The molecule has 88 valence electrons. The van der Waals surface area contributed by atoms with Crippen LogP contribution in [0.25, 0.3) is 0 Å². The molecule has 0 rings (SSSR count). The summed E-state index contributed by atoms with van der Waals surface area (Å²) in [7, 11) is 2.06. The Balaban J connectivity index is 4.95. The van der Waals surface area contributed by atoms with E-state index >= 15 is 0 Å². The van der Waals surface area contributed by atoms with Crippen molar-refractivity contribution < 1.29 is 24.2 Å². The fourth-order valence-electron chi connectivity index (χ4n) is 0.797. The Kier molecular flexibility index (Phi) is 5.66. The van der Waals surface area contributed by atoms with Gasteiger partial charge >= 0.3 is 11.9 Å². The minimum Gasteiger partial charge on any atom is -0.468 e. The van der Waals surface area contributed by atoms with Crippen LogP contribution in [0.15, 0.2) is 0 Å². The van der Waals surface area contributed by atoms with E-state index in [1.807, 2.05) is 0 Å². The minimum absolute atomic E-state index is 1.03. The van der Waals surface area contributed by atoms with Gasteiger partial charge in [-0.2, -0.15) is 0 Å². The second-order valence-electron chi connectivity index (χ2n) is 2.51. The van der Waals surface area contributed by atoms with E-state index in [-0.39, 0.29) is 0 Å². The summed E-state index contributed by atoms with van der Waals surface area (Å²) in [5.41, 5.74) is 0. The number of methoxy groups -OCH3 is 2. The molecular formula is C7H9Cl3O5. The third kappa shape index (κ3) is 4.03. The number of aliphatic hydroxyl groups excluding tert-OH is 1. The van der Waals surface area contributed by atoms with Crippen molar-refractivity contribution in [3.8, 4) is 0 Å². The molecule has 0 aromatic heterocycles. The van der Waals surface area contributed by atoms with Gasteiger partial charge in [-0.1, -0.05) is 34.8 Å². The van der Waals surface area contributed by atoms with Crippen LogP contribution in [0.3, 0.4) is 0 Å². The van der Waals surface area contributed by atoms with Gasteiger partial charge in [0.15, 0.2) is 5.92 Å².